The van der Waals surface area contributed by atoms with Crippen molar-refractivity contribution in [2.75, 3.05) is 23.0 Å². The van der Waals surface area contributed by atoms with Gasteiger partial charge in [-0.25, -0.2) is 4.79 Å². The summed E-state index contributed by atoms with van der Waals surface area (Å²) in [5, 5.41) is 20.7. The van der Waals surface area contributed by atoms with Crippen LogP contribution in [0.4, 0.5) is 21.9 Å². The van der Waals surface area contributed by atoms with E-state index in [0.29, 0.717) is 29.4 Å². The summed E-state index contributed by atoms with van der Waals surface area (Å²) in [4.78, 5) is 29.9. The zero-order chi connectivity index (χ0) is 26.1. The molecule has 3 aliphatic rings. The number of anilines is 3. The van der Waals surface area contributed by atoms with Gasteiger partial charge in [-0.1, -0.05) is 55.8 Å². The number of nitrogens with zero attached hydrogens (tertiary/aromatic N) is 2. The van der Waals surface area contributed by atoms with Crippen molar-refractivity contribution in [2.45, 2.75) is 37.4 Å². The topological polar surface area (TPSA) is 90.3 Å². The van der Waals surface area contributed by atoms with E-state index in [1.807, 2.05) is 48.5 Å². The fourth-order valence-electron chi connectivity index (χ4n) is 6.48. The molecule has 2 atom stereocenters. The molecular weight excluding hydrogens is 492 g/mol. The van der Waals surface area contributed by atoms with Crippen molar-refractivity contribution in [1.29, 1.82) is 0 Å². The van der Waals surface area contributed by atoms with E-state index < -0.39 is 23.2 Å². The Hall–Kier alpha value is -3.39. The highest BCUT2D eigenvalue weighted by Gasteiger charge is 2.77. The summed E-state index contributed by atoms with van der Waals surface area (Å²) < 4.78 is 5.09. The van der Waals surface area contributed by atoms with Crippen LogP contribution in [0.1, 0.15) is 43.2 Å². The Morgan fingerprint density at radius 1 is 0.973 bits per heavy atom. The number of aliphatic hydroxyl groups excluding tert-OH is 1. The molecule has 1 saturated heterocycles. The van der Waals surface area contributed by atoms with Crippen molar-refractivity contribution >= 4 is 40.7 Å². The fourth-order valence-corrected chi connectivity index (χ4v) is 6.61. The number of amides is 2. The van der Waals surface area contributed by atoms with Gasteiger partial charge in [-0.3, -0.25) is 14.6 Å². The van der Waals surface area contributed by atoms with Crippen LogP contribution in [-0.2, 0) is 20.4 Å². The Morgan fingerprint density at radius 3 is 2.32 bits per heavy atom. The predicted molar refractivity (Wildman–Crippen MR) is 140 cm³/mol. The second kappa shape index (κ2) is 8.31. The summed E-state index contributed by atoms with van der Waals surface area (Å²) in [6, 6.07) is 20.4. The van der Waals surface area contributed by atoms with Crippen LogP contribution >= 0.6 is 11.6 Å². The molecule has 1 spiro atoms. The average Bonchev–Trinajstić information content (AvgIpc) is 3.32. The summed E-state index contributed by atoms with van der Waals surface area (Å²) in [6.45, 7) is 4.86. The monoisotopic (exact) mass is 518 g/mol. The molecule has 190 valence electrons. The zero-order valence-electron chi connectivity index (χ0n) is 20.5. The minimum absolute atomic E-state index is 0.0723. The normalized spacial score (nSPS) is 24.4. The molecule has 37 heavy (non-hydrogen) atoms. The maximum Gasteiger partial charge on any atom is 0.414 e. The van der Waals surface area contributed by atoms with Crippen LogP contribution in [0.5, 0.6) is 0 Å². The molecule has 3 aromatic carbocycles. The SMILES string of the molecule is CC(C)[C@]1(c2ccc(Cl)cc2)C[C@]12C(=O)N(c1cc(C(O)O)cc(N3CCOC3=O)c1)c1ccccc12. The van der Waals surface area contributed by atoms with Gasteiger partial charge in [0.1, 0.15) is 6.61 Å². The number of carbonyl (C=O) groups excluding carboxylic acids is 2. The predicted octanol–water partition coefficient (Wildman–Crippen LogP) is 5.19. The molecule has 8 heteroatoms. The van der Waals surface area contributed by atoms with Gasteiger partial charge in [-0.15, -0.1) is 0 Å². The molecule has 1 saturated carbocycles. The van der Waals surface area contributed by atoms with Crippen LogP contribution in [-0.4, -0.2) is 35.4 Å². The lowest BCUT2D eigenvalue weighted by molar-refractivity contribution is -0.120. The van der Waals surface area contributed by atoms with E-state index in [0.717, 1.165) is 16.8 Å². The molecule has 0 bridgehead atoms. The van der Waals surface area contributed by atoms with E-state index in [4.69, 9.17) is 16.3 Å². The second-order valence-electron chi connectivity index (χ2n) is 10.3. The Labute approximate surface area is 219 Å². The molecule has 0 unspecified atom stereocenters. The maximum atomic E-state index is 14.6. The smallest absolute Gasteiger partial charge is 0.414 e. The molecule has 2 amide bonds. The van der Waals surface area contributed by atoms with Gasteiger partial charge in [-0.2, -0.15) is 0 Å². The molecule has 3 aromatic rings. The number of carbonyl (C=O) groups is 2. The number of rotatable bonds is 5. The Morgan fingerprint density at radius 2 is 1.68 bits per heavy atom. The van der Waals surface area contributed by atoms with Gasteiger partial charge >= 0.3 is 6.09 Å². The number of fused-ring (bicyclic) bond motifs is 2. The highest BCUT2D eigenvalue weighted by Crippen LogP contribution is 2.73. The highest BCUT2D eigenvalue weighted by molar-refractivity contribution is 6.30. The van der Waals surface area contributed by atoms with Crippen LogP contribution < -0.4 is 9.80 Å². The summed E-state index contributed by atoms with van der Waals surface area (Å²) in [5.41, 5.74) is 2.66. The van der Waals surface area contributed by atoms with Crippen molar-refractivity contribution in [3.8, 4) is 0 Å². The minimum atomic E-state index is -1.77. The number of halogens is 1. The van der Waals surface area contributed by atoms with Gasteiger partial charge in [0, 0.05) is 21.7 Å². The second-order valence-corrected chi connectivity index (χ2v) is 10.7. The van der Waals surface area contributed by atoms with Crippen LogP contribution in [0.2, 0.25) is 5.02 Å². The van der Waals surface area contributed by atoms with Gasteiger partial charge in [0.2, 0.25) is 5.91 Å². The summed E-state index contributed by atoms with van der Waals surface area (Å²) in [7, 11) is 0. The average molecular weight is 519 g/mol. The van der Waals surface area contributed by atoms with E-state index >= 15 is 0 Å². The third-order valence-electron chi connectivity index (χ3n) is 8.25. The fraction of sp³-hybridized carbons (Fsp3) is 0.310. The lowest BCUT2D eigenvalue weighted by atomic mass is 9.75. The molecule has 7 nitrogen and oxygen atoms in total. The van der Waals surface area contributed by atoms with Crippen molar-refractivity contribution in [1.82, 2.24) is 0 Å². The number of hydrogen-bond acceptors (Lipinski definition) is 5. The van der Waals surface area contributed by atoms with Crippen LogP contribution in [0.15, 0.2) is 66.7 Å². The summed E-state index contributed by atoms with van der Waals surface area (Å²) in [6.07, 6.45) is -1.63. The Kier molecular flexibility index (Phi) is 5.39. The third-order valence-corrected chi connectivity index (χ3v) is 8.50. The van der Waals surface area contributed by atoms with Gasteiger partial charge in [-0.05, 0) is 59.9 Å². The van der Waals surface area contributed by atoms with E-state index in [2.05, 4.69) is 13.8 Å². The molecule has 2 heterocycles. The zero-order valence-corrected chi connectivity index (χ0v) is 21.3. The maximum absolute atomic E-state index is 14.6. The number of para-hydroxylation sites is 1. The van der Waals surface area contributed by atoms with E-state index in [9.17, 15) is 19.8 Å². The van der Waals surface area contributed by atoms with Gasteiger partial charge in [0.15, 0.2) is 6.29 Å². The Balaban J connectivity index is 1.52. The van der Waals surface area contributed by atoms with E-state index in [-0.39, 0.29) is 24.0 Å². The molecule has 1 aliphatic carbocycles. The number of aliphatic hydroxyl groups is 2. The van der Waals surface area contributed by atoms with Crippen molar-refractivity contribution in [2.24, 2.45) is 5.92 Å². The first-order valence-electron chi connectivity index (χ1n) is 12.4. The third kappa shape index (κ3) is 3.27. The van der Waals surface area contributed by atoms with Gasteiger partial charge < -0.3 is 14.9 Å². The number of benzene rings is 3. The van der Waals surface area contributed by atoms with Crippen LogP contribution in [0, 0.1) is 5.92 Å². The van der Waals surface area contributed by atoms with Crippen LogP contribution in [0.3, 0.4) is 0 Å². The summed E-state index contributed by atoms with van der Waals surface area (Å²) >= 11 is 6.19. The Bertz CT molecular complexity index is 1420. The molecule has 2 fully saturated rings. The molecule has 2 N–H and O–H groups in total. The molecule has 2 aliphatic heterocycles. The van der Waals surface area contributed by atoms with Crippen molar-refractivity contribution < 1.29 is 24.5 Å². The molecule has 0 radical (unpaired) electrons. The lowest BCUT2D eigenvalue weighted by Gasteiger charge is -2.28. The first kappa shape index (κ1) is 24.0. The van der Waals surface area contributed by atoms with Crippen molar-refractivity contribution in [3.63, 3.8) is 0 Å². The minimum Gasteiger partial charge on any atom is -0.447 e. The quantitative estimate of drug-likeness (QED) is 0.453. The number of cyclic esters (lactones) is 1. The number of hydrogen-bond donors (Lipinski definition) is 2. The number of ether oxygens (including phenoxy) is 1. The van der Waals surface area contributed by atoms with Crippen LogP contribution in [0.25, 0.3) is 0 Å². The first-order chi connectivity index (χ1) is 17.7. The first-order valence-corrected chi connectivity index (χ1v) is 12.7. The molecular formula is C29H27ClN2O5. The van der Waals surface area contributed by atoms with Gasteiger partial charge in [0.05, 0.1) is 23.3 Å². The summed E-state index contributed by atoms with van der Waals surface area (Å²) in [5.74, 6) is 0.0861. The largest absolute Gasteiger partial charge is 0.447 e. The van der Waals surface area contributed by atoms with E-state index in [1.54, 1.807) is 17.0 Å². The molecule has 0 aromatic heterocycles. The standard InChI is InChI=1S/C29H27ClN2O5/c1-17(2)28(19-7-9-20(30)10-8-19)16-29(28)23-5-3-4-6-24(23)32(26(29)35)22-14-18(25(33)34)13-21(15-22)31-11-12-37-27(31)36/h3-10,13-15,17,25,33-34H,11-12,16H2,1-2H3/t28-,29-/m0/s1. The van der Waals surface area contributed by atoms with Gasteiger partial charge in [0.25, 0.3) is 0 Å². The highest BCUT2D eigenvalue weighted by atomic mass is 35.5. The lowest BCUT2D eigenvalue weighted by Crippen LogP contribution is -2.36. The van der Waals surface area contributed by atoms with Crippen molar-refractivity contribution in [3.05, 3.63) is 88.4 Å². The van der Waals surface area contributed by atoms with E-state index in [1.165, 1.54) is 11.0 Å². The molecule has 6 rings (SSSR count).